The molecule has 3 aromatic rings. The summed E-state index contributed by atoms with van der Waals surface area (Å²) in [6, 6.07) is 18.3. The summed E-state index contributed by atoms with van der Waals surface area (Å²) >= 11 is 0. The Morgan fingerprint density at radius 3 is 2.87 bits per heavy atom. The molecule has 0 amide bonds. The largest absolute Gasteiger partial charge is 0.487 e. The Balaban J connectivity index is 1.55. The summed E-state index contributed by atoms with van der Waals surface area (Å²) in [5, 5.41) is 4.38. The molecular formula is C19H17N3O. The molecule has 114 valence electrons. The molecule has 0 aliphatic carbocycles. The Morgan fingerprint density at radius 2 is 1.96 bits per heavy atom. The van der Waals surface area contributed by atoms with Crippen LogP contribution in [0.4, 0.5) is 0 Å². The lowest BCUT2D eigenvalue weighted by Gasteiger charge is -2.10. The molecule has 23 heavy (non-hydrogen) atoms. The summed E-state index contributed by atoms with van der Waals surface area (Å²) in [6.45, 7) is 2.27. The van der Waals surface area contributed by atoms with E-state index in [1.807, 2.05) is 36.4 Å². The maximum Gasteiger partial charge on any atom is 0.146 e. The van der Waals surface area contributed by atoms with Crippen LogP contribution in [0.3, 0.4) is 0 Å². The van der Waals surface area contributed by atoms with Gasteiger partial charge in [-0.25, -0.2) is 0 Å². The number of para-hydroxylation sites is 1. The predicted molar refractivity (Wildman–Crippen MR) is 91.9 cm³/mol. The van der Waals surface area contributed by atoms with E-state index in [0.29, 0.717) is 6.61 Å². The van der Waals surface area contributed by atoms with Crippen molar-refractivity contribution in [1.82, 2.24) is 10.3 Å². The van der Waals surface area contributed by atoms with Crippen LogP contribution in [-0.2, 0) is 6.61 Å². The lowest BCUT2D eigenvalue weighted by Crippen LogP contribution is -2.19. The number of ether oxygens (including phenoxy) is 1. The van der Waals surface area contributed by atoms with E-state index in [0.717, 1.165) is 46.7 Å². The Hall–Kier alpha value is -2.88. The zero-order valence-corrected chi connectivity index (χ0v) is 12.7. The smallest absolute Gasteiger partial charge is 0.146 e. The van der Waals surface area contributed by atoms with E-state index in [2.05, 4.69) is 33.5 Å². The van der Waals surface area contributed by atoms with Gasteiger partial charge in [0.25, 0.3) is 0 Å². The number of nitrogens with zero attached hydrogens (tertiary/aromatic N) is 2. The van der Waals surface area contributed by atoms with Crippen molar-refractivity contribution >= 4 is 16.7 Å². The summed E-state index contributed by atoms with van der Waals surface area (Å²) in [5.74, 6) is 1.78. The first-order chi connectivity index (χ1) is 11.4. The monoisotopic (exact) mass is 303 g/mol. The molecule has 4 rings (SSSR count). The Labute approximate surface area is 134 Å². The molecule has 0 atom stereocenters. The normalized spacial score (nSPS) is 13.7. The molecular weight excluding hydrogens is 286 g/mol. The highest BCUT2D eigenvalue weighted by molar-refractivity contribution is 5.99. The van der Waals surface area contributed by atoms with E-state index in [9.17, 15) is 0 Å². The van der Waals surface area contributed by atoms with Gasteiger partial charge in [0.1, 0.15) is 23.7 Å². The van der Waals surface area contributed by atoms with Crippen molar-refractivity contribution in [2.24, 2.45) is 4.99 Å². The molecule has 4 nitrogen and oxygen atoms in total. The highest BCUT2D eigenvalue weighted by Crippen LogP contribution is 2.24. The first kappa shape index (κ1) is 13.8. The SMILES string of the molecule is c1cc(COc2cccc3cccnc23)cc(C2=NCCN2)c1. The molecule has 0 saturated carbocycles. The molecule has 1 N–H and O–H groups in total. The molecule has 1 aliphatic heterocycles. The van der Waals surface area contributed by atoms with Crippen LogP contribution in [-0.4, -0.2) is 23.9 Å². The van der Waals surface area contributed by atoms with Crippen LogP contribution >= 0.6 is 0 Å². The Morgan fingerprint density at radius 1 is 1.04 bits per heavy atom. The third-order valence-corrected chi connectivity index (χ3v) is 3.86. The fourth-order valence-electron chi connectivity index (χ4n) is 2.75. The topological polar surface area (TPSA) is 46.5 Å². The summed E-state index contributed by atoms with van der Waals surface area (Å²) in [5.41, 5.74) is 3.12. The molecule has 0 saturated heterocycles. The number of amidine groups is 1. The van der Waals surface area contributed by atoms with Crippen molar-refractivity contribution in [1.29, 1.82) is 0 Å². The minimum absolute atomic E-state index is 0.511. The number of hydrogen-bond acceptors (Lipinski definition) is 4. The summed E-state index contributed by atoms with van der Waals surface area (Å²) in [7, 11) is 0. The van der Waals surface area contributed by atoms with Crippen molar-refractivity contribution in [3.05, 3.63) is 71.9 Å². The van der Waals surface area contributed by atoms with Crippen molar-refractivity contribution in [2.75, 3.05) is 13.1 Å². The lowest BCUT2D eigenvalue weighted by molar-refractivity contribution is 0.309. The zero-order chi connectivity index (χ0) is 15.5. The molecule has 0 fully saturated rings. The van der Waals surface area contributed by atoms with E-state index in [1.54, 1.807) is 6.20 Å². The lowest BCUT2D eigenvalue weighted by atomic mass is 10.1. The van der Waals surface area contributed by atoms with Gasteiger partial charge < -0.3 is 10.1 Å². The van der Waals surface area contributed by atoms with E-state index in [-0.39, 0.29) is 0 Å². The Kier molecular flexibility index (Phi) is 3.64. The average Bonchev–Trinajstić information content (AvgIpc) is 3.15. The number of hydrogen-bond donors (Lipinski definition) is 1. The van der Waals surface area contributed by atoms with Crippen molar-refractivity contribution < 1.29 is 4.74 Å². The average molecular weight is 303 g/mol. The fourth-order valence-corrected chi connectivity index (χ4v) is 2.75. The highest BCUT2D eigenvalue weighted by atomic mass is 16.5. The van der Waals surface area contributed by atoms with E-state index in [1.165, 1.54) is 0 Å². The summed E-state index contributed by atoms with van der Waals surface area (Å²) < 4.78 is 6.00. The molecule has 0 radical (unpaired) electrons. The van der Waals surface area contributed by atoms with Gasteiger partial charge in [0.15, 0.2) is 0 Å². The fraction of sp³-hybridized carbons (Fsp3) is 0.158. The predicted octanol–water partition coefficient (Wildman–Crippen LogP) is 3.16. The number of fused-ring (bicyclic) bond motifs is 1. The minimum Gasteiger partial charge on any atom is -0.487 e. The summed E-state index contributed by atoms with van der Waals surface area (Å²) in [6.07, 6.45) is 1.79. The standard InChI is InChI=1S/C19H17N3O/c1-4-14(12-16(6-1)19-21-10-11-22-19)13-23-17-8-2-5-15-7-3-9-20-18(15)17/h1-9,12H,10-11,13H2,(H,21,22). The van der Waals surface area contributed by atoms with Crippen molar-refractivity contribution in [3.8, 4) is 5.75 Å². The van der Waals surface area contributed by atoms with Gasteiger partial charge >= 0.3 is 0 Å². The molecule has 0 bridgehead atoms. The number of rotatable bonds is 4. The zero-order valence-electron chi connectivity index (χ0n) is 12.7. The third kappa shape index (κ3) is 2.88. The van der Waals surface area contributed by atoms with Crippen LogP contribution in [0.5, 0.6) is 5.75 Å². The second kappa shape index (κ2) is 6.08. The molecule has 2 heterocycles. The van der Waals surface area contributed by atoms with Crippen LogP contribution in [0.2, 0.25) is 0 Å². The van der Waals surface area contributed by atoms with Crippen LogP contribution in [0.25, 0.3) is 10.9 Å². The van der Waals surface area contributed by atoms with Crippen LogP contribution < -0.4 is 10.1 Å². The second-order valence-corrected chi connectivity index (χ2v) is 5.48. The van der Waals surface area contributed by atoms with Crippen LogP contribution in [0, 0.1) is 0 Å². The van der Waals surface area contributed by atoms with Gasteiger partial charge in [-0.1, -0.05) is 36.4 Å². The summed E-state index contributed by atoms with van der Waals surface area (Å²) in [4.78, 5) is 8.88. The van der Waals surface area contributed by atoms with Crippen LogP contribution in [0.15, 0.2) is 65.8 Å². The molecule has 2 aromatic carbocycles. The van der Waals surface area contributed by atoms with Gasteiger partial charge in [-0.2, -0.15) is 0 Å². The van der Waals surface area contributed by atoms with E-state index < -0.39 is 0 Å². The first-order valence-corrected chi connectivity index (χ1v) is 7.74. The van der Waals surface area contributed by atoms with Crippen LogP contribution in [0.1, 0.15) is 11.1 Å². The third-order valence-electron chi connectivity index (χ3n) is 3.86. The molecule has 1 aliphatic rings. The van der Waals surface area contributed by atoms with Gasteiger partial charge in [-0.15, -0.1) is 0 Å². The van der Waals surface area contributed by atoms with E-state index in [4.69, 9.17) is 4.74 Å². The minimum atomic E-state index is 0.511. The van der Waals surface area contributed by atoms with E-state index >= 15 is 0 Å². The highest BCUT2D eigenvalue weighted by Gasteiger charge is 2.09. The first-order valence-electron chi connectivity index (χ1n) is 7.74. The number of aromatic nitrogens is 1. The number of nitrogens with one attached hydrogen (secondary N) is 1. The maximum absolute atomic E-state index is 6.00. The number of benzene rings is 2. The van der Waals surface area contributed by atoms with Gasteiger partial charge in [0.2, 0.25) is 0 Å². The molecule has 1 aromatic heterocycles. The Bertz CT molecular complexity index is 868. The molecule has 4 heteroatoms. The van der Waals surface area contributed by atoms with Gasteiger partial charge in [0, 0.05) is 23.7 Å². The second-order valence-electron chi connectivity index (χ2n) is 5.48. The van der Waals surface area contributed by atoms with Gasteiger partial charge in [0.05, 0.1) is 6.54 Å². The molecule has 0 unspecified atom stereocenters. The molecule has 0 spiro atoms. The van der Waals surface area contributed by atoms with Gasteiger partial charge in [-0.05, 0) is 23.8 Å². The van der Waals surface area contributed by atoms with Crippen molar-refractivity contribution in [2.45, 2.75) is 6.61 Å². The number of aliphatic imine (C=N–C) groups is 1. The van der Waals surface area contributed by atoms with Gasteiger partial charge in [-0.3, -0.25) is 9.98 Å². The van der Waals surface area contributed by atoms with Crippen molar-refractivity contribution in [3.63, 3.8) is 0 Å². The maximum atomic E-state index is 6.00. The quantitative estimate of drug-likeness (QED) is 0.805. The number of pyridine rings is 1.